The molecule has 1 fully saturated rings. The Morgan fingerprint density at radius 1 is 1.32 bits per heavy atom. The molecule has 104 valence electrons. The number of carbonyl (C=O) groups is 1. The molecule has 1 aromatic rings. The lowest BCUT2D eigenvalue weighted by molar-refractivity contribution is -0.135. The van der Waals surface area contributed by atoms with E-state index in [-0.39, 0.29) is 11.9 Å². The second-order valence-electron chi connectivity index (χ2n) is 5.06. The van der Waals surface area contributed by atoms with Gasteiger partial charge in [0, 0.05) is 19.6 Å². The number of amides is 1. The number of hydrogen-bond donors (Lipinski definition) is 1. The number of carbonyl (C=O) groups excluding carboxylic acids is 1. The summed E-state index contributed by atoms with van der Waals surface area (Å²) in [6.07, 6.45) is 0. The number of nitrogens with one attached hydrogen (secondary N) is 1. The van der Waals surface area contributed by atoms with Crippen LogP contribution in [-0.4, -0.2) is 55.5 Å². The van der Waals surface area contributed by atoms with Gasteiger partial charge in [0.2, 0.25) is 5.91 Å². The molecule has 1 N–H and O–H groups in total. The molecule has 1 aliphatic heterocycles. The second-order valence-corrected chi connectivity index (χ2v) is 5.06. The van der Waals surface area contributed by atoms with Gasteiger partial charge in [-0.15, -0.1) is 0 Å². The molecular weight excluding hydrogens is 238 g/mol. The van der Waals surface area contributed by atoms with Gasteiger partial charge >= 0.3 is 0 Å². The van der Waals surface area contributed by atoms with Crippen molar-refractivity contribution in [3.05, 3.63) is 35.9 Å². The van der Waals surface area contributed by atoms with Crippen molar-refractivity contribution in [1.82, 2.24) is 15.1 Å². The van der Waals surface area contributed by atoms with Gasteiger partial charge in [-0.05, 0) is 19.2 Å². The van der Waals surface area contributed by atoms with E-state index in [9.17, 15) is 4.79 Å². The summed E-state index contributed by atoms with van der Waals surface area (Å²) in [4.78, 5) is 16.6. The van der Waals surface area contributed by atoms with Crippen molar-refractivity contribution in [1.29, 1.82) is 0 Å². The van der Waals surface area contributed by atoms with Gasteiger partial charge in [-0.25, -0.2) is 0 Å². The number of rotatable bonds is 4. The quantitative estimate of drug-likeness (QED) is 0.882. The minimum Gasteiger partial charge on any atom is -0.332 e. The predicted molar refractivity (Wildman–Crippen MR) is 76.9 cm³/mol. The van der Waals surface area contributed by atoms with Gasteiger partial charge in [0.15, 0.2) is 0 Å². The van der Waals surface area contributed by atoms with Crippen molar-refractivity contribution in [2.75, 3.05) is 39.8 Å². The minimum absolute atomic E-state index is 0.172. The molecule has 0 bridgehead atoms. The van der Waals surface area contributed by atoms with Gasteiger partial charge in [0.1, 0.15) is 0 Å². The Kier molecular flexibility index (Phi) is 4.93. The van der Waals surface area contributed by atoms with Crippen LogP contribution >= 0.6 is 0 Å². The van der Waals surface area contributed by atoms with Crippen LogP contribution in [0.1, 0.15) is 18.5 Å². The maximum atomic E-state index is 12.3. The maximum absolute atomic E-state index is 12.3. The second kappa shape index (κ2) is 6.68. The van der Waals surface area contributed by atoms with E-state index in [0.29, 0.717) is 6.54 Å². The highest BCUT2D eigenvalue weighted by molar-refractivity contribution is 5.79. The van der Waals surface area contributed by atoms with Gasteiger partial charge in [-0.1, -0.05) is 37.3 Å². The monoisotopic (exact) mass is 261 g/mol. The Balaban J connectivity index is 2.13. The lowest BCUT2D eigenvalue weighted by Gasteiger charge is -2.40. The van der Waals surface area contributed by atoms with E-state index in [1.165, 1.54) is 5.56 Å². The molecule has 19 heavy (non-hydrogen) atoms. The first kappa shape index (κ1) is 14.0. The lowest BCUT2D eigenvalue weighted by Crippen LogP contribution is -2.51. The molecule has 1 heterocycles. The summed E-state index contributed by atoms with van der Waals surface area (Å²) < 4.78 is 0. The number of likely N-dealkylation sites (N-methyl/N-ethyl adjacent to an activating group) is 2. The predicted octanol–water partition coefficient (Wildman–Crippen LogP) is 1.11. The summed E-state index contributed by atoms with van der Waals surface area (Å²) in [6, 6.07) is 10.5. The van der Waals surface area contributed by atoms with Gasteiger partial charge in [0.05, 0.1) is 12.6 Å². The number of nitrogens with zero attached hydrogens (tertiary/aromatic N) is 2. The summed E-state index contributed by atoms with van der Waals surface area (Å²) in [5.74, 6) is 0.198. The highest BCUT2D eigenvalue weighted by Crippen LogP contribution is 2.24. The molecule has 4 nitrogen and oxygen atoms in total. The van der Waals surface area contributed by atoms with Crippen LogP contribution < -0.4 is 5.32 Å². The first-order valence-corrected chi connectivity index (χ1v) is 6.96. The van der Waals surface area contributed by atoms with Crippen molar-refractivity contribution in [2.24, 2.45) is 0 Å². The highest BCUT2D eigenvalue weighted by atomic mass is 16.2. The zero-order valence-electron chi connectivity index (χ0n) is 11.8. The molecule has 1 saturated heterocycles. The van der Waals surface area contributed by atoms with Crippen molar-refractivity contribution in [3.63, 3.8) is 0 Å². The Bertz CT molecular complexity index is 407. The number of hydrogen-bond acceptors (Lipinski definition) is 3. The fourth-order valence-electron chi connectivity index (χ4n) is 2.51. The molecule has 1 unspecified atom stereocenters. The molecule has 4 heteroatoms. The zero-order chi connectivity index (χ0) is 13.7. The van der Waals surface area contributed by atoms with Crippen molar-refractivity contribution < 1.29 is 4.79 Å². The van der Waals surface area contributed by atoms with Crippen LogP contribution in [0.5, 0.6) is 0 Å². The molecule has 1 amide bonds. The van der Waals surface area contributed by atoms with Crippen LogP contribution in [0.2, 0.25) is 0 Å². The molecule has 0 saturated carbocycles. The van der Waals surface area contributed by atoms with Crippen LogP contribution in [0.4, 0.5) is 0 Å². The van der Waals surface area contributed by atoms with Crippen LogP contribution in [0.25, 0.3) is 0 Å². The smallest absolute Gasteiger partial charge is 0.237 e. The van der Waals surface area contributed by atoms with E-state index in [4.69, 9.17) is 0 Å². The maximum Gasteiger partial charge on any atom is 0.237 e. The van der Waals surface area contributed by atoms with Crippen LogP contribution in [0.15, 0.2) is 30.3 Å². The lowest BCUT2D eigenvalue weighted by atomic mass is 10.0. The van der Waals surface area contributed by atoms with Gasteiger partial charge < -0.3 is 15.1 Å². The van der Waals surface area contributed by atoms with E-state index < -0.39 is 0 Å². The van der Waals surface area contributed by atoms with Crippen LogP contribution in [0.3, 0.4) is 0 Å². The molecule has 0 radical (unpaired) electrons. The Labute approximate surface area is 115 Å². The molecule has 0 aromatic heterocycles. The molecule has 0 aliphatic carbocycles. The topological polar surface area (TPSA) is 35.6 Å². The Morgan fingerprint density at radius 2 is 2.05 bits per heavy atom. The largest absolute Gasteiger partial charge is 0.332 e. The summed E-state index contributed by atoms with van der Waals surface area (Å²) in [7, 11) is 2.11. The fourth-order valence-corrected chi connectivity index (χ4v) is 2.51. The first-order valence-electron chi connectivity index (χ1n) is 6.96. The van der Waals surface area contributed by atoms with Gasteiger partial charge in [-0.3, -0.25) is 4.79 Å². The normalized spacial score (nSPS) is 20.5. The average molecular weight is 261 g/mol. The molecule has 1 aromatic carbocycles. The van der Waals surface area contributed by atoms with E-state index in [1.54, 1.807) is 0 Å². The minimum atomic E-state index is 0.172. The van der Waals surface area contributed by atoms with E-state index in [1.807, 2.05) is 30.0 Å². The number of benzene rings is 1. The molecular formula is C15H23N3O. The Morgan fingerprint density at radius 3 is 2.74 bits per heavy atom. The third kappa shape index (κ3) is 3.55. The van der Waals surface area contributed by atoms with Crippen molar-refractivity contribution in [3.8, 4) is 0 Å². The first-order chi connectivity index (χ1) is 9.22. The zero-order valence-corrected chi connectivity index (χ0v) is 11.8. The van der Waals surface area contributed by atoms with Crippen molar-refractivity contribution in [2.45, 2.75) is 13.0 Å². The summed E-state index contributed by atoms with van der Waals surface area (Å²) in [5, 5.41) is 3.12. The average Bonchev–Trinajstić information content (AvgIpc) is 2.45. The molecule has 2 rings (SSSR count). The fraction of sp³-hybridized carbons (Fsp3) is 0.533. The summed E-state index contributed by atoms with van der Waals surface area (Å²) in [5.41, 5.74) is 1.22. The van der Waals surface area contributed by atoms with E-state index in [0.717, 1.165) is 26.2 Å². The Hall–Kier alpha value is -1.39. The third-order valence-corrected chi connectivity index (χ3v) is 3.61. The van der Waals surface area contributed by atoms with E-state index >= 15 is 0 Å². The third-order valence-electron chi connectivity index (χ3n) is 3.61. The summed E-state index contributed by atoms with van der Waals surface area (Å²) in [6.45, 7) is 5.94. The SMILES string of the molecule is CCNCC(=O)N1CCN(C)CC1c1ccccc1. The van der Waals surface area contributed by atoms with E-state index in [2.05, 4.69) is 29.4 Å². The van der Waals surface area contributed by atoms with Crippen molar-refractivity contribution >= 4 is 5.91 Å². The molecule has 0 spiro atoms. The standard InChI is InChI=1S/C15H23N3O/c1-3-16-11-15(19)18-10-9-17(2)12-14(18)13-7-5-4-6-8-13/h4-8,14,16H,3,9-12H2,1-2H3. The number of piperazine rings is 1. The molecule has 1 atom stereocenters. The summed E-state index contributed by atoms with van der Waals surface area (Å²) >= 11 is 0. The van der Waals surface area contributed by atoms with Gasteiger partial charge in [-0.2, -0.15) is 0 Å². The van der Waals surface area contributed by atoms with Crippen LogP contribution in [0, 0.1) is 0 Å². The highest BCUT2D eigenvalue weighted by Gasteiger charge is 2.29. The van der Waals surface area contributed by atoms with Gasteiger partial charge in [0.25, 0.3) is 0 Å². The molecule has 1 aliphatic rings. The van der Waals surface area contributed by atoms with Crippen LogP contribution in [-0.2, 0) is 4.79 Å².